The van der Waals surface area contributed by atoms with E-state index < -0.39 is 0 Å². The van der Waals surface area contributed by atoms with Gasteiger partial charge in [-0.15, -0.1) is 0 Å². The summed E-state index contributed by atoms with van der Waals surface area (Å²) in [5, 5.41) is 3.39. The number of hydrogen-bond donors (Lipinski definition) is 1. The first-order valence-corrected chi connectivity index (χ1v) is 6.13. The van der Waals surface area contributed by atoms with E-state index in [0.29, 0.717) is 0 Å². The fourth-order valence-electron chi connectivity index (χ4n) is 1.69. The second-order valence-electron chi connectivity index (χ2n) is 4.67. The molecule has 0 radical (unpaired) electrons. The first-order chi connectivity index (χ1) is 7.68. The number of nitrogens with one attached hydrogen (secondary N) is 1. The van der Waals surface area contributed by atoms with E-state index in [1.165, 1.54) is 18.9 Å². The van der Waals surface area contributed by atoms with Gasteiger partial charge in [-0.05, 0) is 56.0 Å². The summed E-state index contributed by atoms with van der Waals surface area (Å²) >= 11 is 0. The predicted molar refractivity (Wildman–Crippen MR) is 67.0 cm³/mol. The minimum Gasteiger partial charge on any atom is -0.316 e. The van der Waals surface area contributed by atoms with Gasteiger partial charge in [0.15, 0.2) is 0 Å². The molecule has 16 heavy (non-hydrogen) atoms. The molecule has 0 aliphatic rings. The third-order valence-electron chi connectivity index (χ3n) is 2.61. The number of hydrogen-bond acceptors (Lipinski definition) is 1. The fourth-order valence-corrected chi connectivity index (χ4v) is 1.69. The summed E-state index contributed by atoms with van der Waals surface area (Å²) < 4.78 is 12.9. The van der Waals surface area contributed by atoms with Crippen molar-refractivity contribution in [1.29, 1.82) is 0 Å². The van der Waals surface area contributed by atoms with E-state index in [0.717, 1.165) is 31.0 Å². The average molecular weight is 223 g/mol. The Morgan fingerprint density at radius 3 is 2.75 bits per heavy atom. The van der Waals surface area contributed by atoms with Crippen LogP contribution in [0.4, 0.5) is 4.39 Å². The van der Waals surface area contributed by atoms with Gasteiger partial charge >= 0.3 is 0 Å². The fraction of sp³-hybridized carbons (Fsp3) is 0.571. The Hall–Kier alpha value is -0.890. The summed E-state index contributed by atoms with van der Waals surface area (Å²) in [5.41, 5.74) is 1.07. The smallest absolute Gasteiger partial charge is 0.123 e. The maximum absolute atomic E-state index is 12.9. The molecule has 1 N–H and O–H groups in total. The van der Waals surface area contributed by atoms with Gasteiger partial charge in [-0.1, -0.05) is 26.0 Å². The van der Waals surface area contributed by atoms with Crippen molar-refractivity contribution < 1.29 is 4.39 Å². The SMILES string of the molecule is CC(C)CCCNCCc1cccc(F)c1. The molecule has 0 saturated carbocycles. The third kappa shape index (κ3) is 5.86. The van der Waals surface area contributed by atoms with Crippen molar-refractivity contribution in [1.82, 2.24) is 5.32 Å². The van der Waals surface area contributed by atoms with Gasteiger partial charge in [-0.25, -0.2) is 4.39 Å². The van der Waals surface area contributed by atoms with E-state index in [2.05, 4.69) is 19.2 Å². The Morgan fingerprint density at radius 2 is 2.06 bits per heavy atom. The van der Waals surface area contributed by atoms with Crippen LogP contribution in [0, 0.1) is 11.7 Å². The molecule has 0 atom stereocenters. The molecule has 0 spiro atoms. The van der Waals surface area contributed by atoms with Crippen molar-refractivity contribution in [2.45, 2.75) is 33.1 Å². The Balaban J connectivity index is 2.07. The molecule has 0 bridgehead atoms. The number of halogens is 1. The molecule has 1 aromatic rings. The molecule has 2 heteroatoms. The highest BCUT2D eigenvalue weighted by Gasteiger charge is 1.96. The lowest BCUT2D eigenvalue weighted by Gasteiger charge is -2.06. The van der Waals surface area contributed by atoms with E-state index in [9.17, 15) is 4.39 Å². The maximum Gasteiger partial charge on any atom is 0.123 e. The second-order valence-corrected chi connectivity index (χ2v) is 4.67. The molecule has 1 nitrogen and oxygen atoms in total. The summed E-state index contributed by atoms with van der Waals surface area (Å²) in [7, 11) is 0. The van der Waals surface area contributed by atoms with Crippen molar-refractivity contribution >= 4 is 0 Å². The Kier molecular flexibility index (Phi) is 6.09. The quantitative estimate of drug-likeness (QED) is 0.699. The molecule has 0 heterocycles. The standard InChI is InChI=1S/C14H22FN/c1-12(2)5-4-9-16-10-8-13-6-3-7-14(15)11-13/h3,6-7,11-12,16H,4-5,8-10H2,1-2H3. The molecule has 1 aromatic carbocycles. The van der Waals surface area contributed by atoms with Crippen LogP contribution in [0.2, 0.25) is 0 Å². The van der Waals surface area contributed by atoms with Gasteiger partial charge in [0.1, 0.15) is 5.82 Å². The van der Waals surface area contributed by atoms with Crippen LogP contribution in [-0.4, -0.2) is 13.1 Å². The monoisotopic (exact) mass is 223 g/mol. The molecule has 0 aliphatic carbocycles. The van der Waals surface area contributed by atoms with Crippen LogP contribution in [0.15, 0.2) is 24.3 Å². The number of benzene rings is 1. The highest BCUT2D eigenvalue weighted by atomic mass is 19.1. The summed E-state index contributed by atoms with van der Waals surface area (Å²) in [6.45, 7) is 6.48. The van der Waals surface area contributed by atoms with Crippen LogP contribution in [0.3, 0.4) is 0 Å². The van der Waals surface area contributed by atoms with Crippen molar-refractivity contribution in [3.05, 3.63) is 35.6 Å². The van der Waals surface area contributed by atoms with Crippen molar-refractivity contribution in [2.24, 2.45) is 5.92 Å². The van der Waals surface area contributed by atoms with Crippen LogP contribution >= 0.6 is 0 Å². The van der Waals surface area contributed by atoms with E-state index >= 15 is 0 Å². The summed E-state index contributed by atoms with van der Waals surface area (Å²) in [6.07, 6.45) is 3.40. The molecule has 0 fully saturated rings. The molecular formula is C14H22FN. The van der Waals surface area contributed by atoms with E-state index in [4.69, 9.17) is 0 Å². The normalized spacial score (nSPS) is 11.0. The molecule has 0 saturated heterocycles. The zero-order valence-corrected chi connectivity index (χ0v) is 10.3. The highest BCUT2D eigenvalue weighted by molar-refractivity contribution is 5.16. The van der Waals surface area contributed by atoms with Gasteiger partial charge in [0.25, 0.3) is 0 Å². The molecule has 1 rings (SSSR count). The van der Waals surface area contributed by atoms with Crippen molar-refractivity contribution in [3.8, 4) is 0 Å². The zero-order chi connectivity index (χ0) is 11.8. The van der Waals surface area contributed by atoms with Crippen LogP contribution in [0.1, 0.15) is 32.3 Å². The Bertz CT molecular complexity index is 297. The molecule has 0 amide bonds. The van der Waals surface area contributed by atoms with E-state index in [1.807, 2.05) is 6.07 Å². The van der Waals surface area contributed by atoms with E-state index in [1.54, 1.807) is 12.1 Å². The number of rotatable bonds is 7. The molecule has 0 aliphatic heterocycles. The minimum atomic E-state index is -0.141. The summed E-state index contributed by atoms with van der Waals surface area (Å²) in [4.78, 5) is 0. The van der Waals surface area contributed by atoms with Crippen LogP contribution in [-0.2, 0) is 6.42 Å². The second kappa shape index (κ2) is 7.39. The topological polar surface area (TPSA) is 12.0 Å². The maximum atomic E-state index is 12.9. The van der Waals surface area contributed by atoms with Gasteiger partial charge in [-0.2, -0.15) is 0 Å². The van der Waals surface area contributed by atoms with Gasteiger partial charge < -0.3 is 5.32 Å². The van der Waals surface area contributed by atoms with Crippen LogP contribution < -0.4 is 5.32 Å². The Labute approximate surface area is 98.1 Å². The van der Waals surface area contributed by atoms with Crippen molar-refractivity contribution in [2.75, 3.05) is 13.1 Å². The van der Waals surface area contributed by atoms with E-state index in [-0.39, 0.29) is 5.82 Å². The molecule has 0 aromatic heterocycles. The van der Waals surface area contributed by atoms with Gasteiger partial charge in [-0.3, -0.25) is 0 Å². The molecular weight excluding hydrogens is 201 g/mol. The first-order valence-electron chi connectivity index (χ1n) is 6.13. The van der Waals surface area contributed by atoms with Gasteiger partial charge in [0.05, 0.1) is 0 Å². The predicted octanol–water partition coefficient (Wildman–Crippen LogP) is 3.39. The molecule has 0 unspecified atom stereocenters. The minimum absolute atomic E-state index is 0.141. The van der Waals surface area contributed by atoms with Gasteiger partial charge in [0, 0.05) is 0 Å². The first kappa shape index (κ1) is 13.2. The van der Waals surface area contributed by atoms with Crippen LogP contribution in [0.25, 0.3) is 0 Å². The lowest BCUT2D eigenvalue weighted by molar-refractivity contribution is 0.528. The summed E-state index contributed by atoms with van der Waals surface area (Å²) in [5.74, 6) is 0.641. The highest BCUT2D eigenvalue weighted by Crippen LogP contribution is 2.04. The average Bonchev–Trinajstić information content (AvgIpc) is 2.23. The van der Waals surface area contributed by atoms with Gasteiger partial charge in [0.2, 0.25) is 0 Å². The third-order valence-corrected chi connectivity index (χ3v) is 2.61. The Morgan fingerprint density at radius 1 is 1.25 bits per heavy atom. The largest absolute Gasteiger partial charge is 0.316 e. The molecule has 90 valence electrons. The lowest BCUT2D eigenvalue weighted by Crippen LogP contribution is -2.18. The van der Waals surface area contributed by atoms with Crippen molar-refractivity contribution in [3.63, 3.8) is 0 Å². The summed E-state index contributed by atoms with van der Waals surface area (Å²) in [6, 6.07) is 6.83. The zero-order valence-electron chi connectivity index (χ0n) is 10.3. The lowest BCUT2D eigenvalue weighted by atomic mass is 10.1. The van der Waals surface area contributed by atoms with Crippen LogP contribution in [0.5, 0.6) is 0 Å².